The van der Waals surface area contributed by atoms with Crippen LogP contribution in [0.15, 0.2) is 24.3 Å². The summed E-state index contributed by atoms with van der Waals surface area (Å²) in [7, 11) is 2.15. The third kappa shape index (κ3) is 5.53. The Morgan fingerprint density at radius 1 is 1.24 bits per heavy atom. The summed E-state index contributed by atoms with van der Waals surface area (Å²) in [6.45, 7) is 7.19. The summed E-state index contributed by atoms with van der Waals surface area (Å²) in [5.41, 5.74) is 7.25. The summed E-state index contributed by atoms with van der Waals surface area (Å²) in [5.74, 6) is 0. The molecule has 0 atom stereocenters. The number of nitrogens with zero attached hydrogens (tertiary/aromatic N) is 1. The largest absolute Gasteiger partial charge is 0.330 e. The second-order valence-corrected chi connectivity index (χ2v) is 5.92. The van der Waals surface area contributed by atoms with E-state index in [1.165, 1.54) is 5.56 Å². The number of hydrogen-bond acceptors (Lipinski definition) is 2. The van der Waals surface area contributed by atoms with Crippen molar-refractivity contribution in [3.63, 3.8) is 0 Å². The van der Waals surface area contributed by atoms with Gasteiger partial charge in [-0.25, -0.2) is 0 Å². The smallest absolute Gasteiger partial charge is 0.0406 e. The van der Waals surface area contributed by atoms with Crippen molar-refractivity contribution < 1.29 is 0 Å². The molecule has 0 radical (unpaired) electrons. The Hall–Kier alpha value is -0.570. The molecule has 0 unspecified atom stereocenters. The lowest BCUT2D eigenvalue weighted by molar-refractivity contribution is 0.218. The minimum absolute atomic E-state index is 0.189. The summed E-state index contributed by atoms with van der Waals surface area (Å²) >= 11 is 5.86. The number of halogens is 1. The van der Waals surface area contributed by atoms with Crippen molar-refractivity contribution in [2.75, 3.05) is 26.7 Å². The lowest BCUT2D eigenvalue weighted by Crippen LogP contribution is -2.37. The third-order valence-electron chi connectivity index (χ3n) is 2.95. The summed E-state index contributed by atoms with van der Waals surface area (Å²) in [5, 5.41) is 0.798. The first-order valence-corrected chi connectivity index (χ1v) is 6.44. The maximum atomic E-state index is 5.86. The van der Waals surface area contributed by atoms with Gasteiger partial charge >= 0.3 is 0 Å². The number of benzene rings is 1. The Labute approximate surface area is 110 Å². The van der Waals surface area contributed by atoms with Crippen LogP contribution in [0.1, 0.15) is 19.4 Å². The van der Waals surface area contributed by atoms with E-state index < -0.39 is 0 Å². The molecule has 0 aromatic heterocycles. The van der Waals surface area contributed by atoms with E-state index in [9.17, 15) is 0 Å². The molecule has 1 rings (SSSR count). The molecule has 0 bridgehead atoms. The van der Waals surface area contributed by atoms with Crippen molar-refractivity contribution in [2.45, 2.75) is 20.3 Å². The molecule has 2 N–H and O–H groups in total. The van der Waals surface area contributed by atoms with Crippen LogP contribution in [0.4, 0.5) is 0 Å². The van der Waals surface area contributed by atoms with E-state index in [4.69, 9.17) is 17.3 Å². The van der Waals surface area contributed by atoms with Crippen LogP contribution in [-0.4, -0.2) is 31.6 Å². The van der Waals surface area contributed by atoms with Crippen LogP contribution < -0.4 is 5.73 Å². The van der Waals surface area contributed by atoms with Gasteiger partial charge < -0.3 is 10.6 Å². The molecule has 0 heterocycles. The van der Waals surface area contributed by atoms with Gasteiger partial charge in [0.2, 0.25) is 0 Å². The summed E-state index contributed by atoms with van der Waals surface area (Å²) in [4.78, 5) is 2.33. The molecule has 3 heteroatoms. The molecule has 17 heavy (non-hydrogen) atoms. The van der Waals surface area contributed by atoms with Gasteiger partial charge in [0.25, 0.3) is 0 Å². The van der Waals surface area contributed by atoms with Crippen molar-refractivity contribution in [2.24, 2.45) is 11.1 Å². The Bertz CT molecular complexity index is 333. The van der Waals surface area contributed by atoms with Crippen LogP contribution in [0.3, 0.4) is 0 Å². The SMILES string of the molecule is CN(CCc1ccc(Cl)cc1)CC(C)(C)CN. The highest BCUT2D eigenvalue weighted by Gasteiger charge is 2.17. The maximum Gasteiger partial charge on any atom is 0.0406 e. The standard InChI is InChI=1S/C14H23ClN2/c1-14(2,10-16)11-17(3)9-8-12-4-6-13(15)7-5-12/h4-7H,8-11,16H2,1-3H3. The number of likely N-dealkylation sites (N-methyl/N-ethyl adjacent to an activating group) is 1. The molecule has 0 aliphatic carbocycles. The molecule has 0 saturated carbocycles. The van der Waals surface area contributed by atoms with Crippen molar-refractivity contribution in [3.05, 3.63) is 34.9 Å². The fourth-order valence-corrected chi connectivity index (χ4v) is 1.97. The van der Waals surface area contributed by atoms with Gasteiger partial charge in [0, 0.05) is 18.1 Å². The molecule has 0 aliphatic rings. The molecular weight excluding hydrogens is 232 g/mol. The normalized spacial score (nSPS) is 12.1. The van der Waals surface area contributed by atoms with Gasteiger partial charge in [0.05, 0.1) is 0 Å². The zero-order chi connectivity index (χ0) is 12.9. The van der Waals surface area contributed by atoms with E-state index in [1.54, 1.807) is 0 Å². The van der Waals surface area contributed by atoms with E-state index in [1.807, 2.05) is 12.1 Å². The first-order chi connectivity index (χ1) is 7.93. The Kier molecular flexibility index (Phi) is 5.44. The van der Waals surface area contributed by atoms with Crippen LogP contribution in [-0.2, 0) is 6.42 Å². The zero-order valence-corrected chi connectivity index (χ0v) is 11.8. The van der Waals surface area contributed by atoms with E-state index in [2.05, 4.69) is 37.9 Å². The molecular formula is C14H23ClN2. The molecule has 0 amide bonds. The molecule has 96 valence electrons. The van der Waals surface area contributed by atoms with Crippen molar-refractivity contribution >= 4 is 11.6 Å². The average molecular weight is 255 g/mol. The highest BCUT2D eigenvalue weighted by atomic mass is 35.5. The number of rotatable bonds is 6. The lowest BCUT2D eigenvalue weighted by Gasteiger charge is -2.29. The Balaban J connectivity index is 2.38. The van der Waals surface area contributed by atoms with E-state index in [0.29, 0.717) is 0 Å². The van der Waals surface area contributed by atoms with Crippen molar-refractivity contribution in [3.8, 4) is 0 Å². The molecule has 0 aliphatic heterocycles. The summed E-state index contributed by atoms with van der Waals surface area (Å²) in [6, 6.07) is 8.07. The van der Waals surface area contributed by atoms with Gasteiger partial charge in [-0.3, -0.25) is 0 Å². The molecule has 1 aromatic rings. The van der Waals surface area contributed by atoms with E-state index >= 15 is 0 Å². The molecule has 0 saturated heterocycles. The van der Waals surface area contributed by atoms with Gasteiger partial charge in [-0.15, -0.1) is 0 Å². The second-order valence-electron chi connectivity index (χ2n) is 5.48. The Morgan fingerprint density at radius 3 is 2.35 bits per heavy atom. The number of nitrogens with two attached hydrogens (primary N) is 1. The first-order valence-electron chi connectivity index (χ1n) is 6.06. The molecule has 0 spiro atoms. The van der Waals surface area contributed by atoms with Crippen LogP contribution >= 0.6 is 11.6 Å². The Morgan fingerprint density at radius 2 is 1.82 bits per heavy atom. The third-order valence-corrected chi connectivity index (χ3v) is 3.20. The predicted molar refractivity (Wildman–Crippen MR) is 75.5 cm³/mol. The highest BCUT2D eigenvalue weighted by Crippen LogP contribution is 2.15. The summed E-state index contributed by atoms with van der Waals surface area (Å²) < 4.78 is 0. The van der Waals surface area contributed by atoms with Gasteiger partial charge in [0.15, 0.2) is 0 Å². The van der Waals surface area contributed by atoms with Crippen molar-refractivity contribution in [1.82, 2.24) is 4.90 Å². The van der Waals surface area contributed by atoms with Gasteiger partial charge in [-0.2, -0.15) is 0 Å². The predicted octanol–water partition coefficient (Wildman–Crippen LogP) is 2.80. The van der Waals surface area contributed by atoms with Gasteiger partial charge in [0.1, 0.15) is 0 Å². The van der Waals surface area contributed by atoms with Gasteiger partial charge in [-0.05, 0) is 43.1 Å². The van der Waals surface area contributed by atoms with Crippen LogP contribution in [0.25, 0.3) is 0 Å². The minimum atomic E-state index is 0.189. The van der Waals surface area contributed by atoms with Crippen molar-refractivity contribution in [1.29, 1.82) is 0 Å². The zero-order valence-electron chi connectivity index (χ0n) is 11.0. The van der Waals surface area contributed by atoms with Gasteiger partial charge in [-0.1, -0.05) is 37.6 Å². The molecule has 1 aromatic carbocycles. The highest BCUT2D eigenvalue weighted by molar-refractivity contribution is 6.30. The second kappa shape index (κ2) is 6.39. The van der Waals surface area contributed by atoms with E-state index in [-0.39, 0.29) is 5.41 Å². The minimum Gasteiger partial charge on any atom is -0.330 e. The van der Waals surface area contributed by atoms with Crippen LogP contribution in [0, 0.1) is 5.41 Å². The first kappa shape index (κ1) is 14.5. The topological polar surface area (TPSA) is 29.3 Å². The monoisotopic (exact) mass is 254 g/mol. The molecule has 0 fully saturated rings. The average Bonchev–Trinajstić information content (AvgIpc) is 2.28. The van der Waals surface area contributed by atoms with E-state index in [0.717, 1.165) is 31.1 Å². The fraction of sp³-hybridized carbons (Fsp3) is 0.571. The fourth-order valence-electron chi connectivity index (χ4n) is 1.85. The maximum absolute atomic E-state index is 5.86. The number of hydrogen-bond donors (Lipinski definition) is 1. The van der Waals surface area contributed by atoms with Crippen LogP contribution in [0.2, 0.25) is 5.02 Å². The van der Waals surface area contributed by atoms with Crippen LogP contribution in [0.5, 0.6) is 0 Å². The summed E-state index contributed by atoms with van der Waals surface area (Å²) in [6.07, 6.45) is 1.05. The lowest BCUT2D eigenvalue weighted by atomic mass is 9.93. The molecule has 2 nitrogen and oxygen atoms in total. The quantitative estimate of drug-likeness (QED) is 0.846.